The van der Waals surface area contributed by atoms with Gasteiger partial charge in [-0.1, -0.05) is 0 Å². The molecule has 0 bridgehead atoms. The third-order valence-corrected chi connectivity index (χ3v) is 3.79. The molecule has 3 rings (SSSR count). The number of aryl methyl sites for hydroxylation is 1. The van der Waals surface area contributed by atoms with Gasteiger partial charge in [0.1, 0.15) is 22.9 Å². The summed E-state index contributed by atoms with van der Waals surface area (Å²) in [5.41, 5.74) is -3.33. The van der Waals surface area contributed by atoms with E-state index in [0.29, 0.717) is 18.2 Å². The molecule has 0 atom stereocenters. The van der Waals surface area contributed by atoms with Gasteiger partial charge in [0.15, 0.2) is 23.3 Å². The first-order chi connectivity index (χ1) is 13.0. The van der Waals surface area contributed by atoms with Crippen molar-refractivity contribution in [2.45, 2.75) is 6.92 Å². The van der Waals surface area contributed by atoms with Crippen LogP contribution < -0.4 is 0 Å². The summed E-state index contributed by atoms with van der Waals surface area (Å²) in [6, 6.07) is 1.72. The minimum Gasteiger partial charge on any atom is -0.493 e. The van der Waals surface area contributed by atoms with Crippen molar-refractivity contribution in [2.24, 2.45) is 0 Å². The summed E-state index contributed by atoms with van der Waals surface area (Å²) in [7, 11) is 0. The molecule has 1 radical (unpaired) electrons. The van der Waals surface area contributed by atoms with Gasteiger partial charge in [-0.25, -0.2) is 30.7 Å². The molecule has 0 spiro atoms. The minimum absolute atomic E-state index is 0. The third-order valence-electron chi connectivity index (χ3n) is 3.79. The molecular formula is C17H7CuF7N2O2. The van der Waals surface area contributed by atoms with Crippen molar-refractivity contribution >= 4 is 5.78 Å². The zero-order valence-electron chi connectivity index (χ0n) is 13.9. The normalized spacial score (nSPS) is 10.8. The Morgan fingerprint density at radius 1 is 0.862 bits per heavy atom. The molecule has 0 amide bonds. The van der Waals surface area contributed by atoms with Crippen LogP contribution >= 0.6 is 0 Å². The van der Waals surface area contributed by atoms with Crippen LogP contribution in [0, 0.1) is 47.6 Å². The van der Waals surface area contributed by atoms with E-state index in [4.69, 9.17) is 0 Å². The molecule has 157 valence electrons. The van der Waals surface area contributed by atoms with E-state index >= 15 is 0 Å². The molecule has 0 unspecified atom stereocenters. The van der Waals surface area contributed by atoms with Crippen LogP contribution in [-0.2, 0) is 17.1 Å². The fraction of sp³-hybridized carbons (Fsp3) is 0.0588. The number of nitrogens with zero attached hydrogens (tertiary/aromatic N) is 2. The van der Waals surface area contributed by atoms with Gasteiger partial charge in [0, 0.05) is 28.7 Å². The van der Waals surface area contributed by atoms with E-state index in [1.165, 1.54) is 0 Å². The summed E-state index contributed by atoms with van der Waals surface area (Å²) >= 11 is 0. The van der Waals surface area contributed by atoms with Gasteiger partial charge in [-0.3, -0.25) is 4.79 Å². The predicted molar refractivity (Wildman–Crippen MR) is 79.5 cm³/mol. The van der Waals surface area contributed by atoms with Crippen LogP contribution in [0.2, 0.25) is 0 Å². The Morgan fingerprint density at radius 2 is 1.31 bits per heavy atom. The summed E-state index contributed by atoms with van der Waals surface area (Å²) in [6.45, 7) is 1.07. The zero-order valence-corrected chi connectivity index (χ0v) is 14.9. The fourth-order valence-corrected chi connectivity index (χ4v) is 2.55. The molecule has 1 aromatic heterocycles. The number of carbonyl (C=O) groups excluding carboxylic acids is 1. The van der Waals surface area contributed by atoms with Crippen LogP contribution in [0.4, 0.5) is 30.7 Å². The molecule has 3 aromatic rings. The van der Waals surface area contributed by atoms with Crippen molar-refractivity contribution in [3.05, 3.63) is 75.7 Å². The Kier molecular flexibility index (Phi) is 6.10. The number of halogens is 7. The summed E-state index contributed by atoms with van der Waals surface area (Å²) in [5, 5.41) is 13.6. The number of rotatable bonds is 3. The number of hydrogen-bond donors (Lipinski definition) is 1. The number of aromatic nitrogens is 2. The molecule has 4 nitrogen and oxygen atoms in total. The third kappa shape index (κ3) is 3.60. The second-order valence-corrected chi connectivity index (χ2v) is 5.60. The van der Waals surface area contributed by atoms with E-state index < -0.39 is 74.9 Å². The summed E-state index contributed by atoms with van der Waals surface area (Å²) < 4.78 is 94.5. The molecule has 1 N–H and O–H groups in total. The predicted octanol–water partition coefficient (Wildman–Crippen LogP) is 4.09. The van der Waals surface area contributed by atoms with Crippen molar-refractivity contribution in [2.75, 3.05) is 0 Å². The molecule has 12 heteroatoms. The molecule has 2 aromatic carbocycles. The first-order valence-electron chi connectivity index (χ1n) is 7.35. The van der Waals surface area contributed by atoms with E-state index in [1.807, 2.05) is 0 Å². The van der Waals surface area contributed by atoms with Crippen LogP contribution in [0.25, 0.3) is 5.69 Å². The van der Waals surface area contributed by atoms with Crippen LogP contribution in [0.1, 0.15) is 21.6 Å². The number of hydrogen-bond acceptors (Lipinski definition) is 3. The van der Waals surface area contributed by atoms with Gasteiger partial charge < -0.3 is 5.11 Å². The number of carbonyl (C=O) groups is 1. The van der Waals surface area contributed by atoms with E-state index in [9.17, 15) is 40.6 Å². The van der Waals surface area contributed by atoms with E-state index in [1.54, 1.807) is 0 Å². The molecule has 0 aliphatic heterocycles. The smallest absolute Gasteiger partial charge is 0.226 e. The van der Waals surface area contributed by atoms with E-state index in [2.05, 4.69) is 5.10 Å². The molecule has 0 aliphatic rings. The second-order valence-electron chi connectivity index (χ2n) is 5.60. The van der Waals surface area contributed by atoms with Gasteiger partial charge >= 0.3 is 0 Å². The first-order valence-corrected chi connectivity index (χ1v) is 7.35. The van der Waals surface area contributed by atoms with E-state index in [0.717, 1.165) is 6.92 Å². The Morgan fingerprint density at radius 3 is 1.79 bits per heavy atom. The van der Waals surface area contributed by atoms with Crippen LogP contribution in [-0.4, -0.2) is 20.7 Å². The first kappa shape index (κ1) is 22.4. The SMILES string of the molecule is Cc1nn(-c2c(F)c(F)c(F)c(F)c2F)c(O)c1C(=O)c1cc(F)cc(F)c1.[Cu]. The van der Waals surface area contributed by atoms with Gasteiger partial charge in [-0.05, 0) is 19.1 Å². The summed E-state index contributed by atoms with van der Waals surface area (Å²) in [5.74, 6) is -16.3. The Bertz CT molecular complexity index is 1100. The average molecular weight is 468 g/mol. The van der Waals surface area contributed by atoms with Crippen LogP contribution in [0.3, 0.4) is 0 Å². The molecule has 0 fully saturated rings. The number of benzene rings is 2. The van der Waals surface area contributed by atoms with Gasteiger partial charge in [-0.2, -0.15) is 9.78 Å². The summed E-state index contributed by atoms with van der Waals surface area (Å²) in [6.07, 6.45) is 0. The quantitative estimate of drug-likeness (QED) is 0.208. The molecular weight excluding hydrogens is 461 g/mol. The molecule has 0 aliphatic carbocycles. The standard InChI is InChI=1S/C17H7F7N2O2.Cu/c1-5-9(16(27)6-2-7(18)4-8(19)3-6)17(28)26(25-5)15-13(23)11(21)10(20)12(22)14(15)24;/h2-4,28H,1H3;. The largest absolute Gasteiger partial charge is 0.493 e. The van der Waals surface area contributed by atoms with Crippen molar-refractivity contribution < 1.29 is 57.7 Å². The van der Waals surface area contributed by atoms with Gasteiger partial charge in [0.05, 0.1) is 5.69 Å². The van der Waals surface area contributed by atoms with Gasteiger partial charge in [0.25, 0.3) is 0 Å². The fourth-order valence-electron chi connectivity index (χ4n) is 2.55. The molecule has 1 heterocycles. The van der Waals surface area contributed by atoms with Crippen LogP contribution in [0.15, 0.2) is 18.2 Å². The maximum Gasteiger partial charge on any atom is 0.226 e. The van der Waals surface area contributed by atoms with Gasteiger partial charge in [-0.15, -0.1) is 0 Å². The molecule has 0 saturated carbocycles. The number of ketones is 1. The topological polar surface area (TPSA) is 55.1 Å². The Labute approximate surface area is 168 Å². The van der Waals surface area contributed by atoms with Crippen molar-refractivity contribution in [1.29, 1.82) is 0 Å². The van der Waals surface area contributed by atoms with Crippen LogP contribution in [0.5, 0.6) is 5.88 Å². The average Bonchev–Trinajstić information content (AvgIpc) is 2.91. The molecule has 29 heavy (non-hydrogen) atoms. The number of aromatic hydroxyl groups is 1. The maximum atomic E-state index is 14.0. The Hall–Kier alpha value is -2.85. The van der Waals surface area contributed by atoms with E-state index in [-0.39, 0.29) is 21.8 Å². The minimum atomic E-state index is -2.42. The monoisotopic (exact) mass is 467 g/mol. The Balaban J connectivity index is 0.00000300. The zero-order chi connectivity index (χ0) is 20.9. The summed E-state index contributed by atoms with van der Waals surface area (Å²) in [4.78, 5) is 12.5. The maximum absolute atomic E-state index is 14.0. The van der Waals surface area contributed by atoms with Crippen molar-refractivity contribution in [3.8, 4) is 11.6 Å². The van der Waals surface area contributed by atoms with Crippen molar-refractivity contribution in [3.63, 3.8) is 0 Å². The van der Waals surface area contributed by atoms with Gasteiger partial charge in [0.2, 0.25) is 17.5 Å². The van der Waals surface area contributed by atoms with Crippen molar-refractivity contribution in [1.82, 2.24) is 9.78 Å². The molecule has 0 saturated heterocycles. The second kappa shape index (κ2) is 7.88.